The van der Waals surface area contributed by atoms with Crippen molar-refractivity contribution in [2.75, 3.05) is 20.1 Å². The molecule has 0 radical (unpaired) electrons. The number of para-hydroxylation sites is 1. The van der Waals surface area contributed by atoms with Gasteiger partial charge in [-0.05, 0) is 45.1 Å². The van der Waals surface area contributed by atoms with Gasteiger partial charge < -0.3 is 10.2 Å². The number of nitrogens with zero attached hydrogens (tertiary/aromatic N) is 3. The number of rotatable bonds is 2. The molecule has 2 aromatic rings. The van der Waals surface area contributed by atoms with E-state index < -0.39 is 0 Å². The van der Waals surface area contributed by atoms with Gasteiger partial charge in [0.1, 0.15) is 0 Å². The van der Waals surface area contributed by atoms with Crippen molar-refractivity contribution in [3.63, 3.8) is 0 Å². The molecular formula is C16H20N4O2. The van der Waals surface area contributed by atoms with Crippen molar-refractivity contribution in [2.45, 2.75) is 18.9 Å². The van der Waals surface area contributed by atoms with Crippen LogP contribution in [-0.4, -0.2) is 46.8 Å². The minimum absolute atomic E-state index is 0.0277. The summed E-state index contributed by atoms with van der Waals surface area (Å²) in [6.45, 7) is 1.90. The molecule has 1 amide bonds. The number of hydrogen-bond donors (Lipinski definition) is 1. The highest BCUT2D eigenvalue weighted by molar-refractivity contribution is 5.95. The van der Waals surface area contributed by atoms with Crippen LogP contribution in [0.15, 0.2) is 29.1 Å². The lowest BCUT2D eigenvalue weighted by Gasteiger charge is -2.29. The summed E-state index contributed by atoms with van der Waals surface area (Å²) in [6.07, 6.45) is 1.80. The number of carbonyl (C=O) groups is 1. The first-order valence-corrected chi connectivity index (χ1v) is 7.51. The fourth-order valence-electron chi connectivity index (χ4n) is 2.88. The van der Waals surface area contributed by atoms with E-state index in [2.05, 4.69) is 22.4 Å². The summed E-state index contributed by atoms with van der Waals surface area (Å²) >= 11 is 0. The Kier molecular flexibility index (Phi) is 3.94. The largest absolute Gasteiger partial charge is 0.348 e. The highest BCUT2D eigenvalue weighted by atomic mass is 16.2. The van der Waals surface area contributed by atoms with E-state index in [1.165, 1.54) is 0 Å². The van der Waals surface area contributed by atoms with E-state index in [0.29, 0.717) is 5.39 Å². The van der Waals surface area contributed by atoms with Crippen LogP contribution < -0.4 is 10.7 Å². The Balaban J connectivity index is 1.88. The van der Waals surface area contributed by atoms with Crippen LogP contribution in [0, 0.1) is 0 Å². The van der Waals surface area contributed by atoms with E-state index in [-0.39, 0.29) is 23.1 Å². The van der Waals surface area contributed by atoms with E-state index in [1.807, 2.05) is 12.1 Å². The number of aryl methyl sites for hydroxylation is 1. The zero-order valence-electron chi connectivity index (χ0n) is 12.9. The van der Waals surface area contributed by atoms with Gasteiger partial charge in [0.2, 0.25) is 5.43 Å². The van der Waals surface area contributed by atoms with Gasteiger partial charge >= 0.3 is 0 Å². The van der Waals surface area contributed by atoms with Gasteiger partial charge in [-0.25, -0.2) is 0 Å². The monoisotopic (exact) mass is 300 g/mol. The Morgan fingerprint density at radius 1 is 1.23 bits per heavy atom. The number of benzene rings is 1. The summed E-state index contributed by atoms with van der Waals surface area (Å²) in [5.74, 6) is -0.374. The topological polar surface area (TPSA) is 67.2 Å². The second-order valence-corrected chi connectivity index (χ2v) is 5.87. The number of amides is 1. The Labute approximate surface area is 128 Å². The van der Waals surface area contributed by atoms with Crippen molar-refractivity contribution < 1.29 is 4.79 Å². The molecule has 6 nitrogen and oxygen atoms in total. The minimum atomic E-state index is -0.374. The standard InChI is InChI=1S/C16H20N4O2/c1-19-9-7-11(8-10-19)17-16(22)14-15(21)12-5-3-4-6-13(12)20(2)18-14/h3-6,11H,7-10H2,1-2H3,(H,17,22). The number of hydrogen-bond acceptors (Lipinski definition) is 4. The maximum Gasteiger partial charge on any atom is 0.276 e. The number of carbonyl (C=O) groups excluding carboxylic acids is 1. The summed E-state index contributed by atoms with van der Waals surface area (Å²) in [5.41, 5.74) is 0.391. The fourth-order valence-corrected chi connectivity index (χ4v) is 2.88. The van der Waals surface area contributed by atoms with Crippen LogP contribution in [0.5, 0.6) is 0 Å². The van der Waals surface area contributed by atoms with Crippen molar-refractivity contribution >= 4 is 16.8 Å². The minimum Gasteiger partial charge on any atom is -0.348 e. The second kappa shape index (κ2) is 5.88. The van der Waals surface area contributed by atoms with Crippen LogP contribution in [0.4, 0.5) is 0 Å². The molecule has 116 valence electrons. The van der Waals surface area contributed by atoms with Gasteiger partial charge in [0.25, 0.3) is 5.91 Å². The average Bonchev–Trinajstić information content (AvgIpc) is 2.53. The number of likely N-dealkylation sites (tertiary alicyclic amines) is 1. The van der Waals surface area contributed by atoms with Crippen LogP contribution in [0.25, 0.3) is 10.9 Å². The highest BCUT2D eigenvalue weighted by Crippen LogP contribution is 2.10. The van der Waals surface area contributed by atoms with Gasteiger partial charge in [-0.3, -0.25) is 14.3 Å². The molecule has 0 atom stereocenters. The Hall–Kier alpha value is -2.21. The molecule has 2 heterocycles. The first-order chi connectivity index (χ1) is 10.6. The first kappa shape index (κ1) is 14.7. The zero-order chi connectivity index (χ0) is 15.7. The summed E-state index contributed by atoms with van der Waals surface area (Å²) in [7, 11) is 3.81. The van der Waals surface area contributed by atoms with Crippen molar-refractivity contribution in [1.82, 2.24) is 20.0 Å². The third kappa shape index (κ3) is 2.74. The quantitative estimate of drug-likeness (QED) is 0.889. The molecule has 1 aromatic heterocycles. The maximum atomic E-state index is 12.5. The molecule has 0 saturated carbocycles. The van der Waals surface area contributed by atoms with E-state index in [9.17, 15) is 9.59 Å². The summed E-state index contributed by atoms with van der Waals surface area (Å²) in [4.78, 5) is 27.1. The van der Waals surface area contributed by atoms with Crippen molar-refractivity contribution in [3.8, 4) is 0 Å². The smallest absolute Gasteiger partial charge is 0.276 e. The Morgan fingerprint density at radius 2 is 1.91 bits per heavy atom. The molecule has 1 saturated heterocycles. The van der Waals surface area contributed by atoms with Gasteiger partial charge in [0, 0.05) is 18.5 Å². The summed E-state index contributed by atoms with van der Waals surface area (Å²) in [6, 6.07) is 7.31. The lowest BCUT2D eigenvalue weighted by atomic mass is 10.1. The third-order valence-electron chi connectivity index (χ3n) is 4.23. The van der Waals surface area contributed by atoms with Crippen LogP contribution in [-0.2, 0) is 7.05 Å². The van der Waals surface area contributed by atoms with E-state index >= 15 is 0 Å². The van der Waals surface area contributed by atoms with Crippen LogP contribution in [0.1, 0.15) is 23.3 Å². The van der Waals surface area contributed by atoms with Gasteiger partial charge in [-0.1, -0.05) is 12.1 Å². The number of aromatic nitrogens is 2. The molecule has 6 heteroatoms. The number of nitrogens with one attached hydrogen (secondary N) is 1. The molecule has 3 rings (SSSR count). The summed E-state index contributed by atoms with van der Waals surface area (Å²) in [5, 5.41) is 7.63. The molecule has 0 aliphatic carbocycles. The molecule has 22 heavy (non-hydrogen) atoms. The van der Waals surface area contributed by atoms with Gasteiger partial charge in [-0.15, -0.1) is 0 Å². The van der Waals surface area contributed by atoms with Crippen LogP contribution in [0.3, 0.4) is 0 Å². The van der Waals surface area contributed by atoms with Gasteiger partial charge in [0.15, 0.2) is 5.69 Å². The van der Waals surface area contributed by atoms with Gasteiger partial charge in [-0.2, -0.15) is 5.10 Å². The van der Waals surface area contributed by atoms with Crippen molar-refractivity contribution in [2.24, 2.45) is 7.05 Å². The molecule has 1 aliphatic rings. The maximum absolute atomic E-state index is 12.5. The second-order valence-electron chi connectivity index (χ2n) is 5.87. The Morgan fingerprint density at radius 3 is 2.64 bits per heavy atom. The molecule has 1 fully saturated rings. The summed E-state index contributed by atoms with van der Waals surface area (Å²) < 4.78 is 1.58. The van der Waals surface area contributed by atoms with E-state index in [1.54, 1.807) is 23.9 Å². The molecule has 1 N–H and O–H groups in total. The van der Waals surface area contributed by atoms with E-state index in [0.717, 1.165) is 31.4 Å². The average molecular weight is 300 g/mol. The molecule has 0 bridgehead atoms. The predicted octanol–water partition coefficient (Wildman–Crippen LogP) is 0.757. The molecule has 1 aliphatic heterocycles. The zero-order valence-corrected chi connectivity index (χ0v) is 12.9. The Bertz CT molecular complexity index is 760. The van der Waals surface area contributed by atoms with Gasteiger partial charge in [0.05, 0.1) is 5.52 Å². The third-order valence-corrected chi connectivity index (χ3v) is 4.23. The lowest BCUT2D eigenvalue weighted by molar-refractivity contribution is 0.0909. The SMILES string of the molecule is CN1CCC(NC(=O)c2nn(C)c3ccccc3c2=O)CC1. The lowest BCUT2D eigenvalue weighted by Crippen LogP contribution is -2.44. The molecule has 0 spiro atoms. The number of piperidine rings is 1. The predicted molar refractivity (Wildman–Crippen MR) is 85.0 cm³/mol. The molecular weight excluding hydrogens is 280 g/mol. The number of fused-ring (bicyclic) bond motifs is 1. The van der Waals surface area contributed by atoms with Crippen molar-refractivity contribution in [1.29, 1.82) is 0 Å². The van der Waals surface area contributed by atoms with Crippen LogP contribution >= 0.6 is 0 Å². The van der Waals surface area contributed by atoms with Crippen molar-refractivity contribution in [3.05, 3.63) is 40.2 Å². The van der Waals surface area contributed by atoms with E-state index in [4.69, 9.17) is 0 Å². The fraction of sp³-hybridized carbons (Fsp3) is 0.438. The van der Waals surface area contributed by atoms with Crippen LogP contribution in [0.2, 0.25) is 0 Å². The molecule has 1 aromatic carbocycles. The normalized spacial score (nSPS) is 16.8. The first-order valence-electron chi connectivity index (χ1n) is 7.51. The molecule has 0 unspecified atom stereocenters. The highest BCUT2D eigenvalue weighted by Gasteiger charge is 2.22.